The summed E-state index contributed by atoms with van der Waals surface area (Å²) in [6.45, 7) is 6.25. The standard InChI is InChI=1S/C18H27N3/c1-5-7-16(17(12-19)13-20-4)11-18(8-6-2)21-14(3)15-9-10-15/h5,7-8,11-13,19-21H,6,9-10H2,1-4H3/b7-5-,16-11+,17-13+,18-8-,19-12?. The first kappa shape index (κ1) is 17.0. The van der Waals surface area contributed by atoms with Gasteiger partial charge in [0, 0.05) is 36.4 Å². The maximum absolute atomic E-state index is 7.58. The van der Waals surface area contributed by atoms with Crippen LogP contribution in [0.1, 0.15) is 40.0 Å². The zero-order valence-electron chi connectivity index (χ0n) is 13.6. The van der Waals surface area contributed by atoms with Crippen LogP contribution in [0.25, 0.3) is 0 Å². The second kappa shape index (κ2) is 9.01. The summed E-state index contributed by atoms with van der Waals surface area (Å²) in [5, 5.41) is 14.1. The van der Waals surface area contributed by atoms with Crippen molar-refractivity contribution in [2.45, 2.75) is 40.0 Å². The molecule has 0 spiro atoms. The molecule has 1 fully saturated rings. The van der Waals surface area contributed by atoms with Crippen molar-refractivity contribution in [3.05, 3.63) is 58.6 Å². The third-order valence-corrected chi connectivity index (χ3v) is 3.23. The SMILES string of the molecule is C\C=C/C(=C\C(=C\CC)NC(C)=C1CC1)C(/C=N)=C/NC. The Morgan fingerprint density at radius 1 is 1.29 bits per heavy atom. The number of rotatable bonds is 8. The molecule has 0 aliphatic heterocycles. The highest BCUT2D eigenvalue weighted by Gasteiger charge is 2.15. The fourth-order valence-electron chi connectivity index (χ4n) is 2.05. The molecule has 3 N–H and O–H groups in total. The van der Waals surface area contributed by atoms with Gasteiger partial charge in [-0.25, -0.2) is 0 Å². The molecule has 1 aliphatic carbocycles. The summed E-state index contributed by atoms with van der Waals surface area (Å²) in [5.74, 6) is 0. The second-order valence-electron chi connectivity index (χ2n) is 5.05. The van der Waals surface area contributed by atoms with Gasteiger partial charge in [-0.2, -0.15) is 0 Å². The third-order valence-electron chi connectivity index (χ3n) is 3.23. The van der Waals surface area contributed by atoms with Gasteiger partial charge in [0.15, 0.2) is 0 Å². The molecule has 3 heteroatoms. The van der Waals surface area contributed by atoms with Gasteiger partial charge in [0.1, 0.15) is 0 Å². The largest absolute Gasteiger partial charge is 0.393 e. The lowest BCUT2D eigenvalue weighted by molar-refractivity contribution is 0.973. The average Bonchev–Trinajstić information content (AvgIpc) is 3.29. The first-order chi connectivity index (χ1) is 10.2. The zero-order valence-corrected chi connectivity index (χ0v) is 13.6. The second-order valence-corrected chi connectivity index (χ2v) is 5.05. The summed E-state index contributed by atoms with van der Waals surface area (Å²) >= 11 is 0. The zero-order chi connectivity index (χ0) is 15.7. The van der Waals surface area contributed by atoms with Crippen molar-refractivity contribution in [3.63, 3.8) is 0 Å². The lowest BCUT2D eigenvalue weighted by Crippen LogP contribution is -2.10. The van der Waals surface area contributed by atoms with E-state index in [9.17, 15) is 0 Å². The van der Waals surface area contributed by atoms with Crippen LogP contribution in [0, 0.1) is 5.41 Å². The quantitative estimate of drug-likeness (QED) is 0.462. The fraction of sp³-hybridized carbons (Fsp3) is 0.389. The maximum Gasteiger partial charge on any atom is 0.0347 e. The van der Waals surface area contributed by atoms with Crippen molar-refractivity contribution in [1.82, 2.24) is 10.6 Å². The molecular weight excluding hydrogens is 258 g/mol. The predicted molar refractivity (Wildman–Crippen MR) is 92.3 cm³/mol. The fourth-order valence-corrected chi connectivity index (χ4v) is 2.05. The highest BCUT2D eigenvalue weighted by atomic mass is 14.9. The van der Waals surface area contributed by atoms with E-state index in [-0.39, 0.29) is 0 Å². The van der Waals surface area contributed by atoms with E-state index < -0.39 is 0 Å². The molecule has 0 saturated heterocycles. The third kappa shape index (κ3) is 5.86. The van der Waals surface area contributed by atoms with E-state index in [1.165, 1.54) is 30.3 Å². The van der Waals surface area contributed by atoms with Crippen LogP contribution in [0.4, 0.5) is 0 Å². The number of allylic oxidation sites excluding steroid dienone is 8. The molecule has 0 aromatic carbocycles. The smallest absolute Gasteiger partial charge is 0.0347 e. The van der Waals surface area contributed by atoms with Crippen LogP contribution in [0.5, 0.6) is 0 Å². The normalized spacial score (nSPS) is 16.2. The van der Waals surface area contributed by atoms with Gasteiger partial charge in [-0.3, -0.25) is 0 Å². The lowest BCUT2D eigenvalue weighted by atomic mass is 10.1. The summed E-state index contributed by atoms with van der Waals surface area (Å²) < 4.78 is 0. The van der Waals surface area contributed by atoms with Crippen molar-refractivity contribution < 1.29 is 0 Å². The van der Waals surface area contributed by atoms with E-state index in [1.807, 2.05) is 32.3 Å². The van der Waals surface area contributed by atoms with Crippen LogP contribution >= 0.6 is 0 Å². The first-order valence-electron chi connectivity index (χ1n) is 7.54. The van der Waals surface area contributed by atoms with Gasteiger partial charge < -0.3 is 16.0 Å². The van der Waals surface area contributed by atoms with E-state index in [0.29, 0.717) is 0 Å². The molecule has 3 nitrogen and oxygen atoms in total. The monoisotopic (exact) mass is 285 g/mol. The van der Waals surface area contributed by atoms with E-state index in [0.717, 1.165) is 23.3 Å². The minimum absolute atomic E-state index is 0.858. The van der Waals surface area contributed by atoms with Gasteiger partial charge in [0.25, 0.3) is 0 Å². The van der Waals surface area contributed by atoms with Gasteiger partial charge >= 0.3 is 0 Å². The molecule has 0 atom stereocenters. The summed E-state index contributed by atoms with van der Waals surface area (Å²) in [6, 6.07) is 0. The molecule has 0 heterocycles. The van der Waals surface area contributed by atoms with Crippen molar-refractivity contribution in [2.75, 3.05) is 7.05 Å². The Morgan fingerprint density at radius 3 is 2.48 bits per heavy atom. The molecule has 0 amide bonds. The molecule has 0 aromatic heterocycles. The molecular formula is C18H27N3. The van der Waals surface area contributed by atoms with Crippen LogP contribution < -0.4 is 10.6 Å². The van der Waals surface area contributed by atoms with Crippen LogP contribution in [0.15, 0.2) is 58.6 Å². The van der Waals surface area contributed by atoms with E-state index >= 15 is 0 Å². The molecule has 0 bridgehead atoms. The van der Waals surface area contributed by atoms with E-state index in [2.05, 4.69) is 36.6 Å². The minimum Gasteiger partial charge on any atom is -0.393 e. The molecule has 0 aromatic rings. The number of hydrogen-bond donors (Lipinski definition) is 3. The first-order valence-corrected chi connectivity index (χ1v) is 7.54. The molecule has 0 radical (unpaired) electrons. The van der Waals surface area contributed by atoms with Crippen molar-refractivity contribution in [1.29, 1.82) is 5.41 Å². The van der Waals surface area contributed by atoms with Crippen LogP contribution in [-0.2, 0) is 0 Å². The van der Waals surface area contributed by atoms with E-state index in [1.54, 1.807) is 0 Å². The van der Waals surface area contributed by atoms with Gasteiger partial charge in [0.2, 0.25) is 0 Å². The Hall–Kier alpha value is -2.03. The number of hydrogen-bond acceptors (Lipinski definition) is 3. The summed E-state index contributed by atoms with van der Waals surface area (Å²) in [7, 11) is 1.85. The highest BCUT2D eigenvalue weighted by molar-refractivity contribution is 5.83. The molecule has 1 aliphatic rings. The predicted octanol–water partition coefficient (Wildman–Crippen LogP) is 4.19. The van der Waals surface area contributed by atoms with Crippen LogP contribution in [0.3, 0.4) is 0 Å². The van der Waals surface area contributed by atoms with Crippen molar-refractivity contribution >= 4 is 6.21 Å². The Balaban J connectivity index is 3.08. The van der Waals surface area contributed by atoms with E-state index in [4.69, 9.17) is 5.41 Å². The highest BCUT2D eigenvalue weighted by Crippen LogP contribution is 2.30. The Kier molecular flexibility index (Phi) is 7.30. The summed E-state index contributed by atoms with van der Waals surface area (Å²) in [6.07, 6.45) is 14.9. The minimum atomic E-state index is 0.858. The van der Waals surface area contributed by atoms with Gasteiger partial charge in [-0.1, -0.05) is 30.7 Å². The van der Waals surface area contributed by atoms with Gasteiger partial charge in [-0.15, -0.1) is 0 Å². The molecule has 1 rings (SSSR count). The molecule has 21 heavy (non-hydrogen) atoms. The maximum atomic E-state index is 7.58. The summed E-state index contributed by atoms with van der Waals surface area (Å²) in [5.41, 5.74) is 5.74. The van der Waals surface area contributed by atoms with Gasteiger partial charge in [0.05, 0.1) is 0 Å². The lowest BCUT2D eigenvalue weighted by Gasteiger charge is -2.10. The average molecular weight is 285 g/mol. The van der Waals surface area contributed by atoms with Crippen molar-refractivity contribution in [3.8, 4) is 0 Å². The molecule has 114 valence electrons. The Labute approximate surface area is 128 Å². The Bertz CT molecular complexity index is 511. The Morgan fingerprint density at radius 2 is 2.00 bits per heavy atom. The van der Waals surface area contributed by atoms with Gasteiger partial charge in [-0.05, 0) is 44.8 Å². The van der Waals surface area contributed by atoms with Crippen LogP contribution in [0.2, 0.25) is 0 Å². The van der Waals surface area contributed by atoms with Crippen molar-refractivity contribution in [2.24, 2.45) is 0 Å². The van der Waals surface area contributed by atoms with Crippen LogP contribution in [-0.4, -0.2) is 13.3 Å². The molecule has 1 saturated carbocycles. The summed E-state index contributed by atoms with van der Waals surface area (Å²) in [4.78, 5) is 0. The number of nitrogens with one attached hydrogen (secondary N) is 3. The topological polar surface area (TPSA) is 47.9 Å². The molecule has 0 unspecified atom stereocenters.